The van der Waals surface area contributed by atoms with Gasteiger partial charge in [-0.2, -0.15) is 23.5 Å². The quantitative estimate of drug-likeness (QED) is 0.425. The van der Waals surface area contributed by atoms with Crippen LogP contribution >= 0.6 is 0 Å². The van der Waals surface area contributed by atoms with E-state index in [1.165, 1.54) is 30.3 Å². The fraction of sp³-hybridized carbons (Fsp3) is 0.520. The van der Waals surface area contributed by atoms with Crippen LogP contribution in [-0.4, -0.2) is 65.9 Å². The van der Waals surface area contributed by atoms with Crippen LogP contribution in [0.1, 0.15) is 44.6 Å². The van der Waals surface area contributed by atoms with Crippen LogP contribution in [-0.2, 0) is 32.1 Å². The Hall–Kier alpha value is -3.64. The maximum atomic E-state index is 13.8. The summed E-state index contributed by atoms with van der Waals surface area (Å²) in [6.45, 7) is 2.14. The lowest BCUT2D eigenvalue weighted by Crippen LogP contribution is -2.33. The number of carbonyl (C=O) groups excluding carboxylic acids is 1. The van der Waals surface area contributed by atoms with E-state index < -0.39 is 43.4 Å². The molecule has 0 aliphatic heterocycles. The van der Waals surface area contributed by atoms with Gasteiger partial charge in [0.1, 0.15) is 12.1 Å². The molecule has 0 saturated heterocycles. The minimum Gasteiger partial charge on any atom is -0.465 e. The largest absolute Gasteiger partial charge is 0.465 e. The van der Waals surface area contributed by atoms with E-state index in [1.807, 2.05) is 6.07 Å². The number of amides is 2. The number of nitrogens with one attached hydrogen (secondary N) is 2. The maximum absolute atomic E-state index is 13.8. The van der Waals surface area contributed by atoms with E-state index in [2.05, 4.69) is 15.7 Å². The molecule has 2 aliphatic carbocycles. The third-order valence-electron chi connectivity index (χ3n) is 6.66. The predicted octanol–water partition coefficient (Wildman–Crippen LogP) is 3.36. The molecule has 2 fully saturated rings. The number of aromatic nitrogens is 2. The van der Waals surface area contributed by atoms with E-state index in [0.29, 0.717) is 31.4 Å². The van der Waals surface area contributed by atoms with Gasteiger partial charge in [0.25, 0.3) is 0 Å². The zero-order chi connectivity index (χ0) is 29.7. The minimum absolute atomic E-state index is 0.0746. The second-order valence-corrected chi connectivity index (χ2v) is 11.7. The molecule has 0 spiro atoms. The fourth-order valence-corrected chi connectivity index (χ4v) is 6.36. The Morgan fingerprint density at radius 2 is 1.98 bits per heavy atom. The van der Waals surface area contributed by atoms with Crippen LogP contribution in [0, 0.1) is 11.3 Å². The summed E-state index contributed by atoms with van der Waals surface area (Å²) in [6, 6.07) is 5.05. The van der Waals surface area contributed by atoms with Crippen molar-refractivity contribution in [2.24, 2.45) is 0 Å². The molecule has 15 heteroatoms. The van der Waals surface area contributed by atoms with Crippen molar-refractivity contribution in [2.75, 3.05) is 13.7 Å². The second-order valence-electron chi connectivity index (χ2n) is 9.55. The third-order valence-corrected chi connectivity index (χ3v) is 8.93. The van der Waals surface area contributed by atoms with Crippen LogP contribution in [0.25, 0.3) is 11.1 Å². The molecule has 11 nitrogen and oxygen atoms in total. The number of halogens is 3. The lowest BCUT2D eigenvalue weighted by atomic mass is 10.1. The summed E-state index contributed by atoms with van der Waals surface area (Å²) in [5.41, 5.74) is -1.43. The van der Waals surface area contributed by atoms with Crippen LogP contribution in [0.15, 0.2) is 35.5 Å². The molecule has 0 bridgehead atoms. The number of likely N-dealkylation sites (N-methyl/N-ethyl adjacent to an activating group) is 1. The average Bonchev–Trinajstić information content (AvgIpc) is 3.27. The van der Waals surface area contributed by atoms with E-state index in [-0.39, 0.29) is 37.0 Å². The van der Waals surface area contributed by atoms with Crippen LogP contribution in [0.4, 0.5) is 18.0 Å². The number of rotatable bonds is 8. The molecule has 0 radical (unpaired) electrons. The van der Waals surface area contributed by atoms with Crippen molar-refractivity contribution < 1.29 is 41.0 Å². The maximum Gasteiger partial charge on any atom is 0.417 e. The van der Waals surface area contributed by atoms with Gasteiger partial charge in [-0.25, -0.2) is 13.2 Å². The first kappa shape index (κ1) is 30.9. The lowest BCUT2D eigenvalue weighted by molar-refractivity contribution is -0.139. The van der Waals surface area contributed by atoms with Gasteiger partial charge in [0.2, 0.25) is 5.91 Å². The highest BCUT2D eigenvalue weighted by molar-refractivity contribution is 7.92. The van der Waals surface area contributed by atoms with Crippen molar-refractivity contribution in [3.8, 4) is 17.2 Å². The Morgan fingerprint density at radius 3 is 2.48 bits per heavy atom. The first-order valence-corrected chi connectivity index (χ1v) is 14.0. The first-order valence-electron chi connectivity index (χ1n) is 12.4. The number of alkyl halides is 3. The number of nitriles is 1. The molecule has 0 unspecified atom stereocenters. The van der Waals surface area contributed by atoms with Crippen molar-refractivity contribution in [2.45, 2.75) is 73.5 Å². The van der Waals surface area contributed by atoms with Gasteiger partial charge in [0.15, 0.2) is 9.84 Å². The Morgan fingerprint density at radius 1 is 1.27 bits per heavy atom. The van der Waals surface area contributed by atoms with Gasteiger partial charge in [-0.1, -0.05) is 6.07 Å². The minimum atomic E-state index is -4.85. The summed E-state index contributed by atoms with van der Waals surface area (Å²) in [7, 11) is -2.73. The summed E-state index contributed by atoms with van der Waals surface area (Å²) in [5, 5.41) is 24.3. The summed E-state index contributed by atoms with van der Waals surface area (Å²) in [4.78, 5) is 20.9. The Balaban J connectivity index is 0.000000415. The Bertz CT molecular complexity index is 1380. The molecule has 2 amide bonds. The van der Waals surface area contributed by atoms with Gasteiger partial charge < -0.3 is 20.5 Å². The van der Waals surface area contributed by atoms with E-state index in [4.69, 9.17) is 15.1 Å². The molecule has 218 valence electrons. The molecule has 2 aliphatic rings. The highest BCUT2D eigenvalue weighted by atomic mass is 32.2. The number of ether oxygens (including phenoxy) is 1. The molecule has 4 rings (SSSR count). The van der Waals surface area contributed by atoms with E-state index in [1.54, 1.807) is 6.92 Å². The van der Waals surface area contributed by atoms with Gasteiger partial charge in [-0.3, -0.25) is 9.48 Å². The average molecular weight is 586 g/mol. The van der Waals surface area contributed by atoms with Crippen LogP contribution in [0.3, 0.4) is 0 Å². The van der Waals surface area contributed by atoms with Crippen molar-refractivity contribution in [1.29, 1.82) is 5.26 Å². The molecule has 2 saturated carbocycles. The number of nitrogens with zero attached hydrogens (tertiary/aromatic N) is 3. The normalized spacial score (nSPS) is 19.6. The zero-order valence-corrected chi connectivity index (χ0v) is 22.7. The van der Waals surface area contributed by atoms with Crippen molar-refractivity contribution in [1.82, 2.24) is 20.4 Å². The molecule has 1 aromatic carbocycles. The van der Waals surface area contributed by atoms with E-state index >= 15 is 0 Å². The molecule has 1 heterocycles. The van der Waals surface area contributed by atoms with Gasteiger partial charge in [0.05, 0.1) is 34.1 Å². The highest BCUT2D eigenvalue weighted by Crippen LogP contribution is 2.40. The van der Waals surface area contributed by atoms with Crippen LogP contribution < -0.4 is 10.6 Å². The van der Waals surface area contributed by atoms with Crippen molar-refractivity contribution in [3.63, 3.8) is 0 Å². The lowest BCUT2D eigenvalue weighted by Gasteiger charge is -2.18. The zero-order valence-electron chi connectivity index (χ0n) is 21.9. The topological polar surface area (TPSA) is 163 Å². The van der Waals surface area contributed by atoms with Gasteiger partial charge >= 0.3 is 12.3 Å². The van der Waals surface area contributed by atoms with Crippen molar-refractivity contribution in [3.05, 3.63) is 36.2 Å². The smallest absolute Gasteiger partial charge is 0.417 e. The number of hydrogen-bond donors (Lipinski definition) is 3. The fourth-order valence-electron chi connectivity index (χ4n) is 4.35. The summed E-state index contributed by atoms with van der Waals surface area (Å²) < 4.78 is 73.8. The number of hydrogen-bond acceptors (Lipinski definition) is 7. The van der Waals surface area contributed by atoms with Gasteiger partial charge in [0, 0.05) is 25.4 Å². The molecule has 3 N–H and O–H groups in total. The van der Waals surface area contributed by atoms with Crippen molar-refractivity contribution >= 4 is 21.8 Å². The second kappa shape index (κ2) is 12.3. The molecule has 2 atom stereocenters. The first-order chi connectivity index (χ1) is 18.7. The summed E-state index contributed by atoms with van der Waals surface area (Å²) in [5.74, 6) is -0.277. The number of carboxylic acid groups (broad SMARTS) is 1. The Kier molecular flexibility index (Phi) is 9.47. The van der Waals surface area contributed by atoms with Crippen LogP contribution in [0.5, 0.6) is 0 Å². The number of methoxy groups -OCH3 is 1. The molecular formula is C25H30F3N5O6S. The number of sulfone groups is 1. The predicted molar refractivity (Wildman–Crippen MR) is 136 cm³/mol. The highest BCUT2D eigenvalue weighted by Gasteiger charge is 2.45. The Labute approximate surface area is 229 Å². The van der Waals surface area contributed by atoms with E-state index in [9.17, 15) is 31.2 Å². The molecule has 40 heavy (non-hydrogen) atoms. The molecular weight excluding hydrogens is 555 g/mol. The number of carbonyl (C=O) groups is 2. The summed E-state index contributed by atoms with van der Waals surface area (Å²) in [6.07, 6.45) is -1.25. The third kappa shape index (κ3) is 7.51. The molecule has 1 aromatic heterocycles. The van der Waals surface area contributed by atoms with Crippen LogP contribution in [0.2, 0.25) is 0 Å². The standard InChI is InChI=1S/C20H24F3N3O4S.C5H6N2O2/c1-3-24-19(27)12-26-11-14(10-25-26)13-4-7-18(17(8-13)20(21,22)23)31(28,29)16-6-5-15(9-16)30-2;6-3-5(1-2-5)7-4(8)9/h4,7-8,10-11,15-16H,3,5-6,9,12H2,1-2H3,(H,24,27);7H,1-2H2,(H,8,9)/t15-,16-;/m1./s1. The van der Waals surface area contributed by atoms with Gasteiger partial charge in [-0.15, -0.1) is 0 Å². The SMILES string of the molecule is CCNC(=O)Cn1cc(-c2ccc(S(=O)(=O)[C@@H]3CC[C@@H](OC)C3)c(C(F)(F)F)c2)cn1.N#CC1(NC(=O)O)CC1. The molecule has 2 aromatic rings. The van der Waals surface area contributed by atoms with E-state index in [0.717, 1.165) is 12.1 Å². The monoisotopic (exact) mass is 585 g/mol. The summed E-state index contributed by atoms with van der Waals surface area (Å²) >= 11 is 0. The number of benzene rings is 1. The van der Waals surface area contributed by atoms with Gasteiger partial charge in [-0.05, 0) is 56.7 Å².